The number of quaternary nitrogens is 1. The molecule has 0 bridgehead atoms. The average molecular weight is 452 g/mol. The molecule has 3 N–H and O–H groups in total. The van der Waals surface area contributed by atoms with Gasteiger partial charge in [0.15, 0.2) is 0 Å². The van der Waals surface area contributed by atoms with Crippen LogP contribution in [0.5, 0.6) is 0 Å². The molecule has 30 heavy (non-hydrogen) atoms. The van der Waals surface area contributed by atoms with Crippen molar-refractivity contribution in [3.8, 4) is 0 Å². The predicted molar refractivity (Wildman–Crippen MR) is 102 cm³/mol. The number of methoxy groups -OCH3 is 1. The fourth-order valence-corrected chi connectivity index (χ4v) is 4.53. The maximum absolute atomic E-state index is 14.2. The van der Waals surface area contributed by atoms with Crippen LogP contribution in [0, 0.1) is 0 Å². The van der Waals surface area contributed by atoms with E-state index >= 15 is 0 Å². The zero-order chi connectivity index (χ0) is 22.7. The summed E-state index contributed by atoms with van der Waals surface area (Å²) in [5, 5.41) is 3.64. The quantitative estimate of drug-likeness (QED) is 0.420. The van der Waals surface area contributed by atoms with Crippen molar-refractivity contribution in [2.75, 3.05) is 32.6 Å². The van der Waals surface area contributed by atoms with E-state index in [1.807, 2.05) is 7.05 Å². The highest BCUT2D eigenvalue weighted by atomic mass is 32.1. The van der Waals surface area contributed by atoms with Gasteiger partial charge in [0.25, 0.3) is 0 Å². The first kappa shape index (κ1) is 23.9. The second kappa shape index (κ2) is 9.21. The molecular weight excluding hydrogens is 427 g/mol. The summed E-state index contributed by atoms with van der Waals surface area (Å²) < 4.78 is 52.0. The van der Waals surface area contributed by atoms with Gasteiger partial charge in [0.2, 0.25) is 5.91 Å². The van der Waals surface area contributed by atoms with Gasteiger partial charge in [-0.1, -0.05) is 6.92 Å². The van der Waals surface area contributed by atoms with Crippen LogP contribution in [0.25, 0.3) is 0 Å². The number of thiophene rings is 1. The third kappa shape index (κ3) is 4.53. The summed E-state index contributed by atoms with van der Waals surface area (Å²) in [5.74, 6) is -3.56. The third-order valence-electron chi connectivity index (χ3n) is 4.70. The largest absolute Gasteiger partial charge is 0.465 e. The summed E-state index contributed by atoms with van der Waals surface area (Å²) in [4.78, 5) is 38.7. The summed E-state index contributed by atoms with van der Waals surface area (Å²) in [7, 11) is 3.05. The number of likely N-dealkylation sites (N-methyl/N-ethyl adjacent to an activating group) is 1. The number of esters is 2. The molecule has 1 aromatic rings. The second-order valence-corrected chi connectivity index (χ2v) is 7.93. The van der Waals surface area contributed by atoms with Crippen molar-refractivity contribution >= 4 is 34.2 Å². The SMILES string of the molecule is CCOC(=O)[C@@](NC(=O)CC)(Nc1sc2c(c1C(=O)OC)CC[NH+](C)C2)C(F)(F)F. The molecule has 2 heterocycles. The van der Waals surface area contributed by atoms with Crippen LogP contribution in [-0.2, 0) is 32.0 Å². The van der Waals surface area contributed by atoms with Crippen LogP contribution >= 0.6 is 11.3 Å². The molecule has 2 rings (SSSR count). The monoisotopic (exact) mass is 452 g/mol. The summed E-state index contributed by atoms with van der Waals surface area (Å²) >= 11 is 0.931. The highest BCUT2D eigenvalue weighted by molar-refractivity contribution is 7.16. The number of anilines is 1. The third-order valence-corrected chi connectivity index (χ3v) is 5.85. The number of fused-ring (bicyclic) bond motifs is 1. The molecule has 1 unspecified atom stereocenters. The van der Waals surface area contributed by atoms with E-state index in [0.717, 1.165) is 23.3 Å². The van der Waals surface area contributed by atoms with Crippen molar-refractivity contribution < 1.29 is 41.9 Å². The van der Waals surface area contributed by atoms with Gasteiger partial charge in [0.1, 0.15) is 11.5 Å². The molecule has 1 aliphatic rings. The first-order valence-electron chi connectivity index (χ1n) is 9.37. The number of amides is 1. The first-order chi connectivity index (χ1) is 14.0. The zero-order valence-electron chi connectivity index (χ0n) is 17.1. The standard InChI is InChI=1S/C18H24F3N3O5S/c1-5-12(25)22-17(18(19,20)21,16(27)29-6-2)23-14-13(15(26)28-4)10-7-8-24(3)9-11(10)30-14/h23H,5-9H2,1-4H3,(H,22,25)/p+1/t17-/m1/s1. The summed E-state index contributed by atoms with van der Waals surface area (Å²) in [6, 6.07) is 0. The number of carbonyl (C=O) groups is 3. The lowest BCUT2D eigenvalue weighted by Gasteiger charge is -2.35. The van der Waals surface area contributed by atoms with Crippen LogP contribution in [0.15, 0.2) is 0 Å². The number of carbonyl (C=O) groups excluding carboxylic acids is 3. The highest BCUT2D eigenvalue weighted by Crippen LogP contribution is 2.40. The Kier molecular flexibility index (Phi) is 7.35. The molecule has 1 amide bonds. The lowest BCUT2D eigenvalue weighted by molar-refractivity contribution is -0.895. The summed E-state index contributed by atoms with van der Waals surface area (Å²) in [5.41, 5.74) is -3.03. The number of rotatable bonds is 7. The van der Waals surface area contributed by atoms with Gasteiger partial charge in [-0.05, 0) is 12.5 Å². The topological polar surface area (TPSA) is 98.2 Å². The van der Waals surface area contributed by atoms with Crippen molar-refractivity contribution in [2.24, 2.45) is 0 Å². The Labute approximate surface area is 175 Å². The first-order valence-corrected chi connectivity index (χ1v) is 10.2. The predicted octanol–water partition coefficient (Wildman–Crippen LogP) is 0.865. The normalized spacial score (nSPS) is 18.0. The van der Waals surface area contributed by atoms with Crippen LogP contribution in [0.4, 0.5) is 18.2 Å². The van der Waals surface area contributed by atoms with E-state index in [2.05, 4.69) is 10.1 Å². The maximum atomic E-state index is 14.2. The van der Waals surface area contributed by atoms with E-state index in [9.17, 15) is 27.6 Å². The minimum absolute atomic E-state index is 0.0614. The van der Waals surface area contributed by atoms with Crippen molar-refractivity contribution in [1.82, 2.24) is 5.32 Å². The van der Waals surface area contributed by atoms with Crippen molar-refractivity contribution in [3.63, 3.8) is 0 Å². The van der Waals surface area contributed by atoms with Gasteiger partial charge in [-0.15, -0.1) is 11.3 Å². The Morgan fingerprint density at radius 1 is 1.23 bits per heavy atom. The smallest absolute Gasteiger partial charge is 0.441 e. The van der Waals surface area contributed by atoms with Crippen molar-refractivity contribution in [1.29, 1.82) is 0 Å². The Balaban J connectivity index is 2.65. The number of hydrogen-bond acceptors (Lipinski definition) is 7. The Morgan fingerprint density at radius 2 is 1.90 bits per heavy atom. The average Bonchev–Trinajstić information content (AvgIpc) is 3.02. The number of nitrogens with one attached hydrogen (secondary N) is 3. The number of hydrogen-bond donors (Lipinski definition) is 3. The van der Waals surface area contributed by atoms with Gasteiger partial charge >= 0.3 is 23.8 Å². The molecule has 2 atom stereocenters. The van der Waals surface area contributed by atoms with Crippen molar-refractivity contribution in [3.05, 3.63) is 16.0 Å². The van der Waals surface area contributed by atoms with Gasteiger partial charge in [-0.2, -0.15) is 13.2 Å². The molecule has 0 saturated carbocycles. The van der Waals surface area contributed by atoms with Crippen molar-refractivity contribution in [2.45, 2.75) is 45.1 Å². The van der Waals surface area contributed by atoms with E-state index < -0.39 is 29.7 Å². The Bertz CT molecular complexity index is 827. The van der Waals surface area contributed by atoms with Crippen LogP contribution in [0.2, 0.25) is 0 Å². The minimum Gasteiger partial charge on any atom is -0.465 e. The molecule has 0 radical (unpaired) electrons. The molecule has 0 fully saturated rings. The lowest BCUT2D eigenvalue weighted by atomic mass is 10.0. The molecular formula is C18H25F3N3O5S+. The molecule has 168 valence electrons. The fourth-order valence-electron chi connectivity index (χ4n) is 3.12. The minimum atomic E-state index is -5.26. The number of ether oxygens (including phenoxy) is 2. The zero-order valence-corrected chi connectivity index (χ0v) is 17.9. The molecule has 0 spiro atoms. The second-order valence-electron chi connectivity index (χ2n) is 6.83. The molecule has 8 nitrogen and oxygen atoms in total. The molecule has 1 aliphatic heterocycles. The molecule has 12 heteroatoms. The van der Waals surface area contributed by atoms with Gasteiger partial charge in [-0.25, -0.2) is 9.59 Å². The van der Waals surface area contributed by atoms with Gasteiger partial charge in [0, 0.05) is 12.8 Å². The summed E-state index contributed by atoms with van der Waals surface area (Å²) in [6.07, 6.45) is -5.09. The Hall–Kier alpha value is -2.34. The van der Waals surface area contributed by atoms with Crippen LogP contribution in [-0.4, -0.2) is 57.0 Å². The van der Waals surface area contributed by atoms with Crippen LogP contribution < -0.4 is 15.5 Å². The van der Waals surface area contributed by atoms with E-state index in [1.54, 1.807) is 5.32 Å². The number of alkyl halides is 3. The lowest BCUT2D eigenvalue weighted by Crippen LogP contribution is -3.08. The van der Waals surface area contributed by atoms with Gasteiger partial charge < -0.3 is 25.0 Å². The maximum Gasteiger partial charge on any atom is 0.441 e. The summed E-state index contributed by atoms with van der Waals surface area (Å²) in [6.45, 7) is 3.56. The van der Waals surface area contributed by atoms with Gasteiger partial charge in [-0.3, -0.25) is 4.79 Å². The number of halogens is 3. The Morgan fingerprint density at radius 3 is 2.43 bits per heavy atom. The van der Waals surface area contributed by atoms with Gasteiger partial charge in [0.05, 0.1) is 37.7 Å². The fraction of sp³-hybridized carbons (Fsp3) is 0.611. The molecule has 0 aromatic carbocycles. The van der Waals surface area contributed by atoms with E-state index in [1.165, 1.54) is 13.8 Å². The van der Waals surface area contributed by atoms with Crippen LogP contribution in [0.1, 0.15) is 41.1 Å². The highest BCUT2D eigenvalue weighted by Gasteiger charge is 2.64. The van der Waals surface area contributed by atoms with E-state index in [4.69, 9.17) is 4.74 Å². The van der Waals surface area contributed by atoms with E-state index in [-0.39, 0.29) is 23.6 Å². The van der Waals surface area contributed by atoms with E-state index in [0.29, 0.717) is 30.0 Å². The molecule has 0 saturated heterocycles. The van der Waals surface area contributed by atoms with Crippen LogP contribution in [0.3, 0.4) is 0 Å². The molecule has 0 aliphatic carbocycles. The molecule has 1 aromatic heterocycles.